The molecule has 9 nitrogen and oxygen atoms in total. The third-order valence-electron chi connectivity index (χ3n) is 5.57. The molecule has 1 fully saturated rings. The van der Waals surface area contributed by atoms with Crippen LogP contribution in [-0.2, 0) is 0 Å². The van der Waals surface area contributed by atoms with Crippen LogP contribution in [0.3, 0.4) is 0 Å². The molecular weight excluding hydrogens is 465 g/mol. The van der Waals surface area contributed by atoms with Crippen LogP contribution >= 0.6 is 23.2 Å². The molecule has 3 N–H and O–H groups in total. The van der Waals surface area contributed by atoms with Crippen molar-refractivity contribution < 1.29 is 9.59 Å². The summed E-state index contributed by atoms with van der Waals surface area (Å²) >= 11 is 12.5. The summed E-state index contributed by atoms with van der Waals surface area (Å²) in [7, 11) is 4.03. The molecular formula is C22H23Cl2N7O2. The number of hydrogen-bond acceptors (Lipinski definition) is 6. The van der Waals surface area contributed by atoms with E-state index in [2.05, 4.69) is 20.3 Å². The normalized spacial score (nSPS) is 15.8. The summed E-state index contributed by atoms with van der Waals surface area (Å²) in [5.74, 6) is -0.362. The highest BCUT2D eigenvalue weighted by Gasteiger charge is 2.28. The zero-order valence-electron chi connectivity index (χ0n) is 18.1. The van der Waals surface area contributed by atoms with Gasteiger partial charge in [-0.3, -0.25) is 9.59 Å². The second-order valence-electron chi connectivity index (χ2n) is 7.98. The number of nitrogens with two attached hydrogens (primary N) is 1. The molecule has 172 valence electrons. The lowest BCUT2D eigenvalue weighted by atomic mass is 10.2. The summed E-state index contributed by atoms with van der Waals surface area (Å²) in [4.78, 5) is 33.0. The van der Waals surface area contributed by atoms with Crippen LogP contribution in [0.5, 0.6) is 0 Å². The van der Waals surface area contributed by atoms with Gasteiger partial charge in [0, 0.05) is 25.3 Å². The summed E-state index contributed by atoms with van der Waals surface area (Å²) in [5.41, 5.74) is 6.76. The van der Waals surface area contributed by atoms with Gasteiger partial charge in [-0.25, -0.2) is 9.67 Å². The largest absolute Gasteiger partial charge is 0.364 e. The summed E-state index contributed by atoms with van der Waals surface area (Å²) in [6.07, 6.45) is 4.01. The van der Waals surface area contributed by atoms with Crippen molar-refractivity contribution in [2.45, 2.75) is 12.5 Å². The maximum absolute atomic E-state index is 12.8. The van der Waals surface area contributed by atoms with Crippen molar-refractivity contribution in [3.8, 4) is 5.69 Å². The Morgan fingerprint density at radius 2 is 1.91 bits per heavy atom. The van der Waals surface area contributed by atoms with Crippen molar-refractivity contribution in [2.75, 3.05) is 32.5 Å². The average Bonchev–Trinajstić information content (AvgIpc) is 3.42. The minimum absolute atomic E-state index is 0.000247. The van der Waals surface area contributed by atoms with Gasteiger partial charge >= 0.3 is 0 Å². The number of carbonyl (C=O) groups excluding carboxylic acids is 2. The van der Waals surface area contributed by atoms with E-state index in [1.54, 1.807) is 36.5 Å². The fourth-order valence-corrected chi connectivity index (χ4v) is 4.30. The number of likely N-dealkylation sites (N-methyl/N-ethyl adjacent to an activating group) is 1. The Labute approximate surface area is 201 Å². The molecule has 2 amide bonds. The van der Waals surface area contributed by atoms with Gasteiger partial charge in [-0.15, -0.1) is 0 Å². The molecule has 3 heterocycles. The molecule has 3 aromatic rings. The lowest BCUT2D eigenvalue weighted by Crippen LogP contribution is -2.34. The van der Waals surface area contributed by atoms with E-state index < -0.39 is 5.91 Å². The van der Waals surface area contributed by atoms with Crippen LogP contribution in [0.25, 0.3) is 5.69 Å². The molecule has 1 atom stereocenters. The first kappa shape index (κ1) is 23.0. The van der Waals surface area contributed by atoms with Crippen LogP contribution < -0.4 is 11.1 Å². The van der Waals surface area contributed by atoms with Crippen molar-refractivity contribution >= 4 is 46.5 Å². The average molecular weight is 488 g/mol. The SMILES string of the molecule is CN(C)[C@H]1CCN(C(=O)c2ccc(Nc3cn(-c4c(Cl)cccc4Cl)nc3C(N)=O)nc2)C1. The van der Waals surface area contributed by atoms with E-state index in [0.717, 1.165) is 6.42 Å². The molecule has 1 aliphatic rings. The third-order valence-corrected chi connectivity index (χ3v) is 6.18. The minimum atomic E-state index is -0.726. The number of hydrogen-bond donors (Lipinski definition) is 2. The number of aromatic nitrogens is 3. The van der Waals surface area contributed by atoms with Gasteiger partial charge in [-0.2, -0.15) is 5.10 Å². The fourth-order valence-electron chi connectivity index (χ4n) is 3.73. The van der Waals surface area contributed by atoms with Crippen LogP contribution in [0.15, 0.2) is 42.7 Å². The van der Waals surface area contributed by atoms with E-state index in [-0.39, 0.29) is 11.6 Å². The Bertz CT molecular complexity index is 1170. The first-order valence-electron chi connectivity index (χ1n) is 10.3. The monoisotopic (exact) mass is 487 g/mol. The number of rotatable bonds is 6. The van der Waals surface area contributed by atoms with Gasteiger partial charge in [-0.1, -0.05) is 29.3 Å². The van der Waals surface area contributed by atoms with E-state index in [1.165, 1.54) is 10.9 Å². The minimum Gasteiger partial charge on any atom is -0.364 e. The van der Waals surface area contributed by atoms with Crippen LogP contribution in [0, 0.1) is 0 Å². The van der Waals surface area contributed by atoms with Gasteiger partial charge in [0.2, 0.25) is 0 Å². The third kappa shape index (κ3) is 4.80. The van der Waals surface area contributed by atoms with Gasteiger partial charge in [0.05, 0.1) is 27.5 Å². The molecule has 1 aliphatic heterocycles. The van der Waals surface area contributed by atoms with Crippen LogP contribution in [0.2, 0.25) is 10.0 Å². The lowest BCUT2D eigenvalue weighted by Gasteiger charge is -2.20. The van der Waals surface area contributed by atoms with E-state index in [4.69, 9.17) is 28.9 Å². The summed E-state index contributed by atoms with van der Waals surface area (Å²) in [5, 5.41) is 8.00. The van der Waals surface area contributed by atoms with Crippen molar-refractivity contribution in [1.82, 2.24) is 24.6 Å². The predicted octanol–water partition coefficient (Wildman–Crippen LogP) is 3.19. The number of nitrogens with one attached hydrogen (secondary N) is 1. The lowest BCUT2D eigenvalue weighted by molar-refractivity contribution is 0.0782. The molecule has 11 heteroatoms. The Morgan fingerprint density at radius 1 is 1.18 bits per heavy atom. The molecule has 0 unspecified atom stereocenters. The number of nitrogens with zero attached hydrogens (tertiary/aromatic N) is 5. The quantitative estimate of drug-likeness (QED) is 0.552. The Hall–Kier alpha value is -3.14. The van der Waals surface area contributed by atoms with Crippen LogP contribution in [-0.4, -0.2) is 69.6 Å². The smallest absolute Gasteiger partial charge is 0.271 e. The number of anilines is 2. The maximum Gasteiger partial charge on any atom is 0.271 e. The van der Waals surface area contributed by atoms with Gasteiger partial charge in [0.1, 0.15) is 11.5 Å². The van der Waals surface area contributed by atoms with Crippen molar-refractivity contribution in [2.24, 2.45) is 5.73 Å². The highest BCUT2D eigenvalue weighted by atomic mass is 35.5. The second-order valence-corrected chi connectivity index (χ2v) is 8.80. The first-order chi connectivity index (χ1) is 15.7. The van der Waals surface area contributed by atoms with Crippen molar-refractivity contribution in [1.29, 1.82) is 0 Å². The fraction of sp³-hybridized carbons (Fsp3) is 0.273. The van der Waals surface area contributed by atoms with Crippen molar-refractivity contribution in [3.63, 3.8) is 0 Å². The number of halogens is 2. The number of benzene rings is 1. The highest BCUT2D eigenvalue weighted by Crippen LogP contribution is 2.30. The molecule has 0 radical (unpaired) electrons. The van der Waals surface area contributed by atoms with Gasteiger partial charge in [0.15, 0.2) is 5.69 Å². The zero-order valence-corrected chi connectivity index (χ0v) is 19.6. The topological polar surface area (TPSA) is 109 Å². The molecule has 4 rings (SSSR count). The number of amides is 2. The number of primary amides is 1. The molecule has 0 saturated carbocycles. The van der Waals surface area contributed by atoms with E-state index in [1.807, 2.05) is 19.0 Å². The Balaban J connectivity index is 1.54. The van der Waals surface area contributed by atoms with Crippen LogP contribution in [0.4, 0.5) is 11.5 Å². The number of likely N-dealkylation sites (tertiary alicyclic amines) is 1. The molecule has 0 aliphatic carbocycles. The Kier molecular flexibility index (Phi) is 6.55. The summed E-state index contributed by atoms with van der Waals surface area (Å²) in [6.45, 7) is 1.41. The standard InChI is InChI=1S/C22H23Cl2N7O2/c1-29(2)14-8-9-30(11-14)22(33)13-6-7-18(26-10-13)27-17-12-31(28-19(17)21(25)32)20-15(23)4-3-5-16(20)24/h3-7,10,12,14H,8-9,11H2,1-2H3,(H2,25,32)(H,26,27)/t14-/m0/s1. The number of pyridine rings is 1. The molecule has 1 aromatic carbocycles. The molecule has 0 spiro atoms. The molecule has 33 heavy (non-hydrogen) atoms. The van der Waals surface area contributed by atoms with Gasteiger partial charge in [0.25, 0.3) is 11.8 Å². The first-order valence-corrected chi connectivity index (χ1v) is 11.0. The van der Waals surface area contributed by atoms with Gasteiger partial charge < -0.3 is 20.9 Å². The zero-order chi connectivity index (χ0) is 23.7. The van der Waals surface area contributed by atoms with E-state index in [0.29, 0.717) is 51.9 Å². The van der Waals surface area contributed by atoms with Crippen LogP contribution in [0.1, 0.15) is 27.3 Å². The van der Waals surface area contributed by atoms with Crippen molar-refractivity contribution in [3.05, 3.63) is 64.0 Å². The number of carbonyl (C=O) groups is 2. The maximum atomic E-state index is 12.8. The summed E-state index contributed by atoms with van der Waals surface area (Å²) < 4.78 is 1.39. The predicted molar refractivity (Wildman–Crippen MR) is 128 cm³/mol. The van der Waals surface area contributed by atoms with E-state index >= 15 is 0 Å². The number of para-hydroxylation sites is 1. The Morgan fingerprint density at radius 3 is 2.48 bits per heavy atom. The van der Waals surface area contributed by atoms with Gasteiger partial charge in [-0.05, 0) is 44.8 Å². The second kappa shape index (κ2) is 9.38. The highest BCUT2D eigenvalue weighted by molar-refractivity contribution is 6.37. The molecule has 0 bridgehead atoms. The molecule has 2 aromatic heterocycles. The van der Waals surface area contributed by atoms with E-state index in [9.17, 15) is 9.59 Å². The molecule has 1 saturated heterocycles. The summed E-state index contributed by atoms with van der Waals surface area (Å²) in [6, 6.07) is 8.76.